The molecule has 0 saturated carbocycles. The van der Waals surface area contributed by atoms with Crippen LogP contribution in [-0.2, 0) is 32.6 Å². The number of nitrogens with one attached hydrogen (secondary N) is 1. The number of fused-ring (bicyclic) bond motifs is 1. The van der Waals surface area contributed by atoms with Crippen LogP contribution in [0.3, 0.4) is 0 Å². The molecule has 1 unspecified atom stereocenters. The molecule has 0 aliphatic carbocycles. The lowest BCUT2D eigenvalue weighted by molar-refractivity contribution is -0.122. The smallest absolute Gasteiger partial charge is 0.264 e. The van der Waals surface area contributed by atoms with E-state index >= 15 is 0 Å². The Morgan fingerprint density at radius 1 is 1.28 bits per heavy atom. The zero-order chi connectivity index (χ0) is 18.0. The predicted molar refractivity (Wildman–Crippen MR) is 94.7 cm³/mol. The van der Waals surface area contributed by atoms with Crippen LogP contribution in [0.25, 0.3) is 0 Å². The van der Waals surface area contributed by atoms with E-state index in [-0.39, 0.29) is 11.3 Å². The van der Waals surface area contributed by atoms with Gasteiger partial charge in [0.25, 0.3) is 10.0 Å². The average molecular weight is 380 g/mol. The van der Waals surface area contributed by atoms with Gasteiger partial charge in [-0.05, 0) is 41.3 Å². The van der Waals surface area contributed by atoms with Crippen LogP contribution in [0.5, 0.6) is 0 Å². The van der Waals surface area contributed by atoms with Gasteiger partial charge in [-0.25, -0.2) is 13.1 Å². The van der Waals surface area contributed by atoms with Crippen molar-refractivity contribution in [1.29, 1.82) is 0 Å². The molecule has 132 valence electrons. The molecule has 0 aromatic heterocycles. The molecular weight excluding hydrogens is 362 g/mol. The summed E-state index contributed by atoms with van der Waals surface area (Å²) in [5.41, 5.74) is 2.45. The van der Waals surface area contributed by atoms with Gasteiger partial charge in [0.2, 0.25) is 5.91 Å². The molecule has 0 fully saturated rings. The first-order valence-corrected chi connectivity index (χ1v) is 9.80. The molecule has 1 atom stereocenters. The molecule has 0 spiro atoms. The van der Waals surface area contributed by atoms with Crippen molar-refractivity contribution in [1.82, 2.24) is 4.72 Å². The lowest BCUT2D eigenvalue weighted by Gasteiger charge is -2.13. The Morgan fingerprint density at radius 2 is 2.04 bits per heavy atom. The maximum absolute atomic E-state index is 12.5. The third-order valence-electron chi connectivity index (χ3n) is 4.15. The summed E-state index contributed by atoms with van der Waals surface area (Å²) < 4.78 is 32.7. The van der Waals surface area contributed by atoms with Crippen molar-refractivity contribution >= 4 is 27.5 Å². The highest BCUT2D eigenvalue weighted by Gasteiger charge is 2.28. The molecule has 7 heteroatoms. The first-order valence-electron chi connectivity index (χ1n) is 7.94. The number of hydrogen-bond acceptors (Lipinski definition) is 4. The van der Waals surface area contributed by atoms with E-state index in [0.29, 0.717) is 23.6 Å². The van der Waals surface area contributed by atoms with E-state index in [1.54, 1.807) is 30.3 Å². The second kappa shape index (κ2) is 7.15. The SMILES string of the molecule is CCc1ccccc1S(=O)(=O)NC(=O)CC1OCc2cc(Cl)ccc21. The lowest BCUT2D eigenvalue weighted by atomic mass is 10.0. The molecular formula is C18H18ClNO4S. The Morgan fingerprint density at radius 3 is 2.80 bits per heavy atom. The summed E-state index contributed by atoms with van der Waals surface area (Å²) in [6.45, 7) is 2.23. The molecule has 1 amide bonds. The Bertz CT molecular complexity index is 911. The number of carbonyl (C=O) groups excluding carboxylic acids is 1. The summed E-state index contributed by atoms with van der Waals surface area (Å²) in [6, 6.07) is 12.0. The zero-order valence-corrected chi connectivity index (χ0v) is 15.2. The molecule has 2 aromatic carbocycles. The Balaban J connectivity index is 1.73. The third-order valence-corrected chi connectivity index (χ3v) is 5.86. The van der Waals surface area contributed by atoms with E-state index < -0.39 is 22.0 Å². The fourth-order valence-corrected chi connectivity index (χ4v) is 4.44. The van der Waals surface area contributed by atoms with Crippen LogP contribution in [-0.4, -0.2) is 14.3 Å². The molecule has 1 N–H and O–H groups in total. The number of halogens is 1. The number of rotatable bonds is 5. The molecule has 25 heavy (non-hydrogen) atoms. The molecule has 1 aliphatic rings. The van der Waals surface area contributed by atoms with Crippen LogP contribution >= 0.6 is 11.6 Å². The lowest BCUT2D eigenvalue weighted by Crippen LogP contribution is -2.32. The number of ether oxygens (including phenoxy) is 1. The molecule has 5 nitrogen and oxygen atoms in total. The van der Waals surface area contributed by atoms with Gasteiger partial charge in [-0.3, -0.25) is 4.79 Å². The van der Waals surface area contributed by atoms with Gasteiger partial charge in [0.15, 0.2) is 0 Å². The van der Waals surface area contributed by atoms with Gasteiger partial charge < -0.3 is 4.74 Å². The van der Waals surface area contributed by atoms with Gasteiger partial charge in [0, 0.05) is 5.02 Å². The number of amides is 1. The summed E-state index contributed by atoms with van der Waals surface area (Å²) in [5.74, 6) is -0.598. The van der Waals surface area contributed by atoms with Crippen molar-refractivity contribution < 1.29 is 17.9 Å². The largest absolute Gasteiger partial charge is 0.368 e. The van der Waals surface area contributed by atoms with Gasteiger partial charge in [-0.1, -0.05) is 42.8 Å². The Labute approximate surface area is 152 Å². The molecule has 3 rings (SSSR count). The van der Waals surface area contributed by atoms with Gasteiger partial charge >= 0.3 is 0 Å². The quantitative estimate of drug-likeness (QED) is 0.864. The highest BCUT2D eigenvalue weighted by Crippen LogP contribution is 2.34. The summed E-state index contributed by atoms with van der Waals surface area (Å²) in [4.78, 5) is 12.4. The van der Waals surface area contributed by atoms with E-state index in [0.717, 1.165) is 11.1 Å². The van der Waals surface area contributed by atoms with E-state index in [1.807, 2.05) is 13.0 Å². The van der Waals surface area contributed by atoms with Crippen molar-refractivity contribution in [3.8, 4) is 0 Å². The standard InChI is InChI=1S/C18H18ClNO4S/c1-2-12-5-3-4-6-17(12)25(22,23)20-18(21)10-16-15-8-7-14(19)9-13(15)11-24-16/h3-9,16H,2,10-11H2,1H3,(H,20,21). The monoisotopic (exact) mass is 379 g/mol. The van der Waals surface area contributed by atoms with Gasteiger partial charge in [-0.15, -0.1) is 0 Å². The van der Waals surface area contributed by atoms with Crippen molar-refractivity contribution in [2.24, 2.45) is 0 Å². The zero-order valence-electron chi connectivity index (χ0n) is 13.7. The molecule has 1 aliphatic heterocycles. The van der Waals surface area contributed by atoms with Crippen LogP contribution in [0.15, 0.2) is 47.4 Å². The van der Waals surface area contributed by atoms with Gasteiger partial charge in [-0.2, -0.15) is 0 Å². The van der Waals surface area contributed by atoms with E-state index in [1.165, 1.54) is 6.07 Å². The van der Waals surface area contributed by atoms with E-state index in [4.69, 9.17) is 16.3 Å². The number of hydrogen-bond donors (Lipinski definition) is 1. The minimum Gasteiger partial charge on any atom is -0.368 e. The first-order chi connectivity index (χ1) is 11.9. The third kappa shape index (κ3) is 3.86. The van der Waals surface area contributed by atoms with E-state index in [2.05, 4.69) is 4.72 Å². The maximum Gasteiger partial charge on any atom is 0.264 e. The average Bonchev–Trinajstić information content (AvgIpc) is 2.96. The second-order valence-corrected chi connectivity index (χ2v) is 7.92. The minimum atomic E-state index is -3.90. The molecule has 0 bridgehead atoms. The van der Waals surface area contributed by atoms with Crippen LogP contribution in [0.2, 0.25) is 5.02 Å². The van der Waals surface area contributed by atoms with Crippen LogP contribution in [0.1, 0.15) is 36.1 Å². The van der Waals surface area contributed by atoms with Crippen LogP contribution in [0.4, 0.5) is 0 Å². The van der Waals surface area contributed by atoms with Crippen molar-refractivity contribution in [2.75, 3.05) is 0 Å². The van der Waals surface area contributed by atoms with Crippen molar-refractivity contribution in [3.05, 3.63) is 64.2 Å². The fourth-order valence-electron chi connectivity index (χ4n) is 2.94. The molecule has 1 heterocycles. The summed E-state index contributed by atoms with van der Waals surface area (Å²) in [6.07, 6.45) is 0.0247. The Hall–Kier alpha value is -1.89. The van der Waals surface area contributed by atoms with Crippen molar-refractivity contribution in [2.45, 2.75) is 37.4 Å². The number of benzene rings is 2. The summed E-state index contributed by atoms with van der Waals surface area (Å²) in [5, 5.41) is 0.603. The Kier molecular flexibility index (Phi) is 5.13. The summed E-state index contributed by atoms with van der Waals surface area (Å²) in [7, 11) is -3.90. The number of sulfonamides is 1. The predicted octanol–water partition coefficient (Wildman–Crippen LogP) is 3.37. The molecule has 0 radical (unpaired) electrons. The minimum absolute atomic E-state index is 0.0673. The highest BCUT2D eigenvalue weighted by atomic mass is 35.5. The number of aryl methyl sites for hydroxylation is 1. The van der Waals surface area contributed by atoms with Crippen LogP contribution < -0.4 is 4.72 Å². The maximum atomic E-state index is 12.5. The fraction of sp³-hybridized carbons (Fsp3) is 0.278. The van der Waals surface area contributed by atoms with Crippen LogP contribution in [0, 0.1) is 0 Å². The normalized spacial score (nSPS) is 16.5. The van der Waals surface area contributed by atoms with Gasteiger partial charge in [0.1, 0.15) is 0 Å². The number of carbonyl (C=O) groups is 1. The topological polar surface area (TPSA) is 72.5 Å². The van der Waals surface area contributed by atoms with Crippen molar-refractivity contribution in [3.63, 3.8) is 0 Å². The van der Waals surface area contributed by atoms with E-state index in [9.17, 15) is 13.2 Å². The first kappa shape index (κ1) is 17.9. The summed E-state index contributed by atoms with van der Waals surface area (Å²) >= 11 is 5.95. The highest BCUT2D eigenvalue weighted by molar-refractivity contribution is 7.90. The second-order valence-electron chi connectivity index (χ2n) is 5.84. The molecule has 0 saturated heterocycles. The van der Waals surface area contributed by atoms with Gasteiger partial charge in [0.05, 0.1) is 24.0 Å². The molecule has 2 aromatic rings.